The zero-order valence-electron chi connectivity index (χ0n) is 20.5. The number of hydrogen-bond acceptors (Lipinski definition) is 4. The molecular formula is C29H31N3O4. The molecule has 0 bridgehead atoms. The number of fused-ring (bicyclic) bond motifs is 1. The first-order valence-electron chi connectivity index (χ1n) is 12.6. The molecule has 0 unspecified atom stereocenters. The van der Waals surface area contributed by atoms with E-state index in [9.17, 15) is 14.4 Å². The summed E-state index contributed by atoms with van der Waals surface area (Å²) in [4.78, 5) is 43.7. The molecule has 7 nitrogen and oxygen atoms in total. The molecular weight excluding hydrogens is 454 g/mol. The molecule has 2 heterocycles. The van der Waals surface area contributed by atoms with Crippen molar-refractivity contribution in [2.45, 2.75) is 44.3 Å². The van der Waals surface area contributed by atoms with E-state index in [1.165, 1.54) is 0 Å². The Morgan fingerprint density at radius 3 is 2.44 bits per heavy atom. The molecule has 2 saturated heterocycles. The van der Waals surface area contributed by atoms with Gasteiger partial charge in [0, 0.05) is 25.2 Å². The molecule has 2 aliphatic heterocycles. The van der Waals surface area contributed by atoms with Crippen LogP contribution >= 0.6 is 0 Å². The maximum atomic E-state index is 13.7. The molecule has 7 heteroatoms. The van der Waals surface area contributed by atoms with Crippen molar-refractivity contribution in [2.24, 2.45) is 0 Å². The molecule has 3 aromatic rings. The van der Waals surface area contributed by atoms with E-state index in [-0.39, 0.29) is 17.7 Å². The quantitative estimate of drug-likeness (QED) is 0.577. The molecule has 0 radical (unpaired) electrons. The zero-order chi connectivity index (χ0) is 25.1. The number of hydrogen-bond donors (Lipinski definition) is 1. The molecule has 3 amide bonds. The normalized spacial score (nSPS) is 19.5. The number of carbonyl (C=O) groups is 3. The Labute approximate surface area is 211 Å². The summed E-state index contributed by atoms with van der Waals surface area (Å²) < 4.78 is 5.25. The topological polar surface area (TPSA) is 79.0 Å². The van der Waals surface area contributed by atoms with E-state index >= 15 is 0 Å². The third-order valence-electron chi connectivity index (χ3n) is 7.26. The van der Waals surface area contributed by atoms with Gasteiger partial charge in [0.05, 0.1) is 7.11 Å². The average molecular weight is 486 g/mol. The fraction of sp³-hybridized carbons (Fsp3) is 0.345. The first kappa shape index (κ1) is 23.9. The van der Waals surface area contributed by atoms with E-state index in [0.29, 0.717) is 38.0 Å². The van der Waals surface area contributed by atoms with Crippen LogP contribution in [0.15, 0.2) is 66.7 Å². The van der Waals surface area contributed by atoms with Gasteiger partial charge in [-0.15, -0.1) is 0 Å². The van der Waals surface area contributed by atoms with E-state index < -0.39 is 12.1 Å². The van der Waals surface area contributed by atoms with E-state index in [1.807, 2.05) is 66.7 Å². The van der Waals surface area contributed by atoms with Crippen molar-refractivity contribution in [1.82, 2.24) is 15.1 Å². The first-order valence-corrected chi connectivity index (χ1v) is 12.6. The van der Waals surface area contributed by atoms with Gasteiger partial charge in [-0.05, 0) is 60.2 Å². The Morgan fingerprint density at radius 2 is 1.61 bits per heavy atom. The van der Waals surface area contributed by atoms with E-state index in [1.54, 1.807) is 16.9 Å². The van der Waals surface area contributed by atoms with Gasteiger partial charge >= 0.3 is 0 Å². The summed E-state index contributed by atoms with van der Waals surface area (Å²) >= 11 is 0. The average Bonchev–Trinajstić information content (AvgIpc) is 3.61. The number of likely N-dealkylation sites (tertiary alicyclic amines) is 2. The summed E-state index contributed by atoms with van der Waals surface area (Å²) in [7, 11) is 1.61. The largest absolute Gasteiger partial charge is 0.497 e. The number of ether oxygens (including phenoxy) is 1. The van der Waals surface area contributed by atoms with Crippen molar-refractivity contribution < 1.29 is 19.1 Å². The van der Waals surface area contributed by atoms with Gasteiger partial charge in [0.15, 0.2) is 0 Å². The Balaban J connectivity index is 1.29. The van der Waals surface area contributed by atoms with Gasteiger partial charge in [0.1, 0.15) is 17.8 Å². The minimum atomic E-state index is -0.539. The molecule has 3 aromatic carbocycles. The summed E-state index contributed by atoms with van der Waals surface area (Å²) in [5, 5.41) is 4.86. The predicted molar refractivity (Wildman–Crippen MR) is 138 cm³/mol. The molecule has 0 saturated carbocycles. The van der Waals surface area contributed by atoms with Crippen LogP contribution in [-0.2, 0) is 16.1 Å². The number of rotatable bonds is 6. The number of nitrogens with zero attached hydrogens (tertiary/aromatic N) is 2. The van der Waals surface area contributed by atoms with Crippen LogP contribution in [-0.4, -0.2) is 59.8 Å². The maximum absolute atomic E-state index is 13.7. The van der Waals surface area contributed by atoms with Crippen molar-refractivity contribution >= 4 is 28.5 Å². The fourth-order valence-corrected chi connectivity index (χ4v) is 5.42. The maximum Gasteiger partial charge on any atom is 0.255 e. The minimum Gasteiger partial charge on any atom is -0.497 e. The van der Waals surface area contributed by atoms with Crippen molar-refractivity contribution in [3.05, 3.63) is 77.9 Å². The Kier molecular flexibility index (Phi) is 6.89. The molecule has 186 valence electrons. The number of amides is 3. The van der Waals surface area contributed by atoms with Gasteiger partial charge in [0.25, 0.3) is 5.91 Å². The second kappa shape index (κ2) is 10.4. The first-order chi connectivity index (χ1) is 17.6. The lowest BCUT2D eigenvalue weighted by molar-refractivity contribution is -0.141. The molecule has 1 N–H and O–H groups in total. The highest BCUT2D eigenvalue weighted by Crippen LogP contribution is 2.28. The lowest BCUT2D eigenvalue weighted by Crippen LogP contribution is -2.52. The third kappa shape index (κ3) is 4.65. The number of carbonyl (C=O) groups excluding carboxylic acids is 3. The second-order valence-electron chi connectivity index (χ2n) is 9.44. The SMILES string of the molecule is COc1cccc(CNC(=O)[C@H]2CCCN2C(=O)[C@H]2CCCN2C(=O)c2cccc3ccccc23)c1. The predicted octanol–water partition coefficient (Wildman–Crippen LogP) is 3.76. The van der Waals surface area contributed by atoms with E-state index in [0.717, 1.165) is 34.9 Å². The highest BCUT2D eigenvalue weighted by Gasteiger charge is 2.42. The van der Waals surface area contributed by atoms with E-state index in [4.69, 9.17) is 4.74 Å². The molecule has 36 heavy (non-hydrogen) atoms. The van der Waals surface area contributed by atoms with Crippen molar-refractivity contribution in [3.63, 3.8) is 0 Å². The minimum absolute atomic E-state index is 0.124. The standard InChI is InChI=1S/C29H31N3O4/c1-36-22-11-4-8-20(18-22)19-30-27(33)25-14-6-16-31(25)29(35)26-15-7-17-32(26)28(34)24-13-5-10-21-9-2-3-12-23(21)24/h2-5,8-13,18,25-26H,6-7,14-17,19H2,1H3,(H,30,33)/t25-,26-/m1/s1. The highest BCUT2D eigenvalue weighted by atomic mass is 16.5. The van der Waals surface area contributed by atoms with Gasteiger partial charge in [-0.2, -0.15) is 0 Å². The lowest BCUT2D eigenvalue weighted by atomic mass is 10.0. The van der Waals surface area contributed by atoms with Crippen LogP contribution in [0.5, 0.6) is 5.75 Å². The summed E-state index contributed by atoms with van der Waals surface area (Å²) in [6.45, 7) is 1.44. The van der Waals surface area contributed by atoms with Crippen LogP contribution in [0.4, 0.5) is 0 Å². The van der Waals surface area contributed by atoms with Crippen molar-refractivity contribution in [2.75, 3.05) is 20.2 Å². The second-order valence-corrected chi connectivity index (χ2v) is 9.44. The van der Waals surface area contributed by atoms with Crippen molar-refractivity contribution in [1.29, 1.82) is 0 Å². The Hall–Kier alpha value is -3.87. The molecule has 0 aliphatic carbocycles. The molecule has 2 fully saturated rings. The third-order valence-corrected chi connectivity index (χ3v) is 7.26. The van der Waals surface area contributed by atoms with Crippen LogP contribution in [0.2, 0.25) is 0 Å². The molecule has 0 aromatic heterocycles. The van der Waals surface area contributed by atoms with Crippen molar-refractivity contribution in [3.8, 4) is 5.75 Å². The Morgan fingerprint density at radius 1 is 0.889 bits per heavy atom. The summed E-state index contributed by atoms with van der Waals surface area (Å²) in [6, 6.07) is 20.0. The summed E-state index contributed by atoms with van der Waals surface area (Å²) in [6.07, 6.45) is 2.78. The van der Waals surface area contributed by atoms with Crippen LogP contribution in [0.3, 0.4) is 0 Å². The molecule has 5 rings (SSSR count). The van der Waals surface area contributed by atoms with E-state index in [2.05, 4.69) is 5.32 Å². The zero-order valence-corrected chi connectivity index (χ0v) is 20.5. The fourth-order valence-electron chi connectivity index (χ4n) is 5.42. The van der Waals surface area contributed by atoms with Gasteiger partial charge in [-0.3, -0.25) is 14.4 Å². The van der Waals surface area contributed by atoms with Gasteiger partial charge in [0.2, 0.25) is 11.8 Å². The summed E-state index contributed by atoms with van der Waals surface area (Å²) in [5.74, 6) is 0.325. The van der Waals surface area contributed by atoms with Gasteiger partial charge in [-0.1, -0.05) is 48.5 Å². The monoisotopic (exact) mass is 485 g/mol. The summed E-state index contributed by atoms with van der Waals surface area (Å²) in [5.41, 5.74) is 1.54. The van der Waals surface area contributed by atoms with Crippen LogP contribution in [0.25, 0.3) is 10.8 Å². The molecule has 2 atom stereocenters. The number of nitrogens with one attached hydrogen (secondary N) is 1. The Bertz CT molecular complexity index is 1290. The lowest BCUT2D eigenvalue weighted by Gasteiger charge is -2.31. The number of methoxy groups -OCH3 is 1. The number of benzene rings is 3. The van der Waals surface area contributed by atoms with Crippen LogP contribution < -0.4 is 10.1 Å². The van der Waals surface area contributed by atoms with Gasteiger partial charge in [-0.25, -0.2) is 0 Å². The van der Waals surface area contributed by atoms with Gasteiger partial charge < -0.3 is 19.9 Å². The molecule has 2 aliphatic rings. The van der Waals surface area contributed by atoms with Crippen LogP contribution in [0, 0.1) is 0 Å². The van der Waals surface area contributed by atoms with Crippen LogP contribution in [0.1, 0.15) is 41.6 Å². The highest BCUT2D eigenvalue weighted by molar-refractivity contribution is 6.08. The molecule has 0 spiro atoms. The smallest absolute Gasteiger partial charge is 0.255 e.